The van der Waals surface area contributed by atoms with Gasteiger partial charge in [-0.15, -0.1) is 12.4 Å². The number of hydrogen-bond acceptors (Lipinski definition) is 3. The number of benzene rings is 1. The van der Waals surface area contributed by atoms with Crippen LogP contribution in [0.4, 0.5) is 10.1 Å². The molecule has 1 aliphatic rings. The summed E-state index contributed by atoms with van der Waals surface area (Å²) in [6.45, 7) is 3.06. The minimum atomic E-state index is -0.412. The Morgan fingerprint density at radius 1 is 1.58 bits per heavy atom. The van der Waals surface area contributed by atoms with Crippen LogP contribution in [0.15, 0.2) is 22.7 Å². The van der Waals surface area contributed by atoms with Crippen molar-refractivity contribution in [2.45, 2.75) is 19.1 Å². The summed E-state index contributed by atoms with van der Waals surface area (Å²) in [6, 6.07) is 4.06. The topological polar surface area (TPSA) is 50.4 Å². The Kier molecular flexibility index (Phi) is 6.19. The van der Waals surface area contributed by atoms with Crippen LogP contribution in [0.1, 0.15) is 6.92 Å². The summed E-state index contributed by atoms with van der Waals surface area (Å²) < 4.78 is 19.1. The Bertz CT molecular complexity index is 461. The summed E-state index contributed by atoms with van der Waals surface area (Å²) in [4.78, 5) is 12.0. The maximum absolute atomic E-state index is 13.3. The quantitative estimate of drug-likeness (QED) is 0.858. The van der Waals surface area contributed by atoms with Gasteiger partial charge in [0.25, 0.3) is 0 Å². The Labute approximate surface area is 125 Å². The zero-order chi connectivity index (χ0) is 13.1. The first kappa shape index (κ1) is 16.4. The minimum Gasteiger partial charge on any atom is -0.375 e. The molecule has 2 N–H and O–H groups in total. The second-order valence-electron chi connectivity index (χ2n) is 4.13. The number of hydrogen-bond donors (Lipinski definition) is 2. The number of nitrogens with one attached hydrogen (secondary N) is 2. The van der Waals surface area contributed by atoms with Crippen LogP contribution in [0, 0.1) is 5.82 Å². The molecule has 0 aromatic heterocycles. The zero-order valence-corrected chi connectivity index (χ0v) is 12.7. The van der Waals surface area contributed by atoms with Crippen molar-refractivity contribution < 1.29 is 13.9 Å². The number of halogens is 3. The van der Waals surface area contributed by atoms with Crippen LogP contribution < -0.4 is 10.6 Å². The fourth-order valence-corrected chi connectivity index (χ4v) is 2.07. The van der Waals surface area contributed by atoms with Crippen molar-refractivity contribution in [1.82, 2.24) is 5.32 Å². The Morgan fingerprint density at radius 2 is 2.32 bits per heavy atom. The van der Waals surface area contributed by atoms with E-state index in [-0.39, 0.29) is 24.4 Å². The van der Waals surface area contributed by atoms with E-state index in [0.717, 1.165) is 0 Å². The molecular weight excluding hydrogens is 338 g/mol. The summed E-state index contributed by atoms with van der Waals surface area (Å²) in [5, 5.41) is 5.74. The third-order valence-electron chi connectivity index (χ3n) is 2.79. The Balaban J connectivity index is 0.00000180. The summed E-state index contributed by atoms with van der Waals surface area (Å²) in [7, 11) is 0. The van der Waals surface area contributed by atoms with E-state index in [4.69, 9.17) is 4.74 Å². The molecule has 1 fully saturated rings. The highest BCUT2D eigenvalue weighted by atomic mass is 79.9. The molecule has 1 aliphatic heterocycles. The summed E-state index contributed by atoms with van der Waals surface area (Å²) in [5.41, 5.74) is 0.431. The molecule has 1 amide bonds. The van der Waals surface area contributed by atoms with E-state index >= 15 is 0 Å². The molecule has 0 bridgehead atoms. The van der Waals surface area contributed by atoms with Crippen molar-refractivity contribution in [2.24, 2.45) is 0 Å². The Hall–Kier alpha value is -0.690. The van der Waals surface area contributed by atoms with Gasteiger partial charge in [0.1, 0.15) is 11.9 Å². The average molecular weight is 354 g/mol. The molecule has 1 heterocycles. The van der Waals surface area contributed by atoms with Crippen LogP contribution in [-0.2, 0) is 9.53 Å². The van der Waals surface area contributed by atoms with Gasteiger partial charge in [0, 0.05) is 12.2 Å². The largest absolute Gasteiger partial charge is 0.375 e. The van der Waals surface area contributed by atoms with Gasteiger partial charge in [-0.1, -0.05) is 0 Å². The molecule has 2 rings (SSSR count). The number of rotatable bonds is 2. The van der Waals surface area contributed by atoms with Gasteiger partial charge in [0.05, 0.1) is 17.2 Å². The third-order valence-corrected chi connectivity index (χ3v) is 3.43. The highest BCUT2D eigenvalue weighted by molar-refractivity contribution is 9.10. The molecule has 1 aromatic rings. The van der Waals surface area contributed by atoms with Crippen molar-refractivity contribution in [3.8, 4) is 0 Å². The monoisotopic (exact) mass is 352 g/mol. The summed E-state index contributed by atoms with van der Waals surface area (Å²) in [6.07, 6.45) is -0.195. The van der Waals surface area contributed by atoms with E-state index < -0.39 is 11.9 Å². The number of carbonyl (C=O) groups excluding carboxylic acids is 1. The van der Waals surface area contributed by atoms with Gasteiger partial charge in [-0.3, -0.25) is 4.79 Å². The first-order valence-corrected chi connectivity index (χ1v) is 6.48. The molecule has 0 radical (unpaired) electrons. The average Bonchev–Trinajstić information content (AvgIpc) is 2.34. The highest BCUT2D eigenvalue weighted by Crippen LogP contribution is 2.19. The van der Waals surface area contributed by atoms with Gasteiger partial charge in [-0.2, -0.15) is 0 Å². The van der Waals surface area contributed by atoms with Crippen LogP contribution in [0.3, 0.4) is 0 Å². The summed E-state index contributed by atoms with van der Waals surface area (Å²) in [5.74, 6) is -0.627. The second-order valence-corrected chi connectivity index (χ2v) is 4.98. The van der Waals surface area contributed by atoms with E-state index in [2.05, 4.69) is 26.6 Å². The minimum absolute atomic E-state index is 0. The van der Waals surface area contributed by atoms with Crippen molar-refractivity contribution in [2.75, 3.05) is 18.5 Å². The van der Waals surface area contributed by atoms with Gasteiger partial charge < -0.3 is 15.4 Å². The molecule has 0 spiro atoms. The lowest BCUT2D eigenvalue weighted by atomic mass is 10.1. The van der Waals surface area contributed by atoms with Crippen molar-refractivity contribution in [3.05, 3.63) is 28.5 Å². The van der Waals surface area contributed by atoms with E-state index in [1.807, 2.05) is 6.92 Å². The number of amides is 1. The predicted octanol–water partition coefficient (Wildman–Crippen LogP) is 2.33. The maximum atomic E-state index is 13.3. The SMILES string of the molecule is C[C@H]1OCCN[C@@H]1C(=O)Nc1ccc(Br)c(F)c1.Cl. The fourth-order valence-electron chi connectivity index (χ4n) is 1.82. The van der Waals surface area contributed by atoms with Crippen LogP contribution in [0.25, 0.3) is 0 Å². The molecule has 2 atom stereocenters. The number of ether oxygens (including phenoxy) is 1. The lowest BCUT2D eigenvalue weighted by Gasteiger charge is -2.29. The van der Waals surface area contributed by atoms with Gasteiger partial charge >= 0.3 is 0 Å². The van der Waals surface area contributed by atoms with E-state index in [1.54, 1.807) is 12.1 Å². The van der Waals surface area contributed by atoms with E-state index in [9.17, 15) is 9.18 Å². The van der Waals surface area contributed by atoms with Gasteiger partial charge in [0.2, 0.25) is 5.91 Å². The lowest BCUT2D eigenvalue weighted by Crippen LogP contribution is -2.53. The third kappa shape index (κ3) is 4.14. The standard InChI is InChI=1S/C12H14BrFN2O2.ClH/c1-7-11(15-4-5-18-7)12(17)16-8-2-3-9(13)10(14)6-8;/h2-3,6-7,11,15H,4-5H2,1H3,(H,16,17);1H/t7-,11+;/m1./s1. The van der Waals surface area contributed by atoms with Crippen molar-refractivity contribution >= 4 is 39.9 Å². The van der Waals surface area contributed by atoms with Crippen molar-refractivity contribution in [1.29, 1.82) is 0 Å². The molecule has 1 saturated heterocycles. The number of anilines is 1. The summed E-state index contributed by atoms with van der Waals surface area (Å²) >= 11 is 3.06. The smallest absolute Gasteiger partial charge is 0.244 e. The molecule has 0 unspecified atom stereocenters. The van der Waals surface area contributed by atoms with Gasteiger partial charge in [0.15, 0.2) is 0 Å². The molecule has 1 aromatic carbocycles. The maximum Gasteiger partial charge on any atom is 0.244 e. The van der Waals surface area contributed by atoms with Crippen LogP contribution in [0.2, 0.25) is 0 Å². The number of morpholine rings is 1. The first-order valence-electron chi connectivity index (χ1n) is 5.69. The fraction of sp³-hybridized carbons (Fsp3) is 0.417. The molecular formula is C12H15BrClFN2O2. The lowest BCUT2D eigenvalue weighted by molar-refractivity contribution is -0.123. The zero-order valence-electron chi connectivity index (χ0n) is 10.3. The Morgan fingerprint density at radius 3 is 2.95 bits per heavy atom. The molecule has 7 heteroatoms. The first-order chi connectivity index (χ1) is 8.58. The predicted molar refractivity (Wildman–Crippen MR) is 77.2 cm³/mol. The number of carbonyl (C=O) groups is 1. The van der Waals surface area contributed by atoms with Crippen molar-refractivity contribution in [3.63, 3.8) is 0 Å². The second kappa shape index (κ2) is 7.19. The van der Waals surface area contributed by atoms with Crippen LogP contribution in [0.5, 0.6) is 0 Å². The van der Waals surface area contributed by atoms with Gasteiger partial charge in [-0.05, 0) is 41.1 Å². The molecule has 106 valence electrons. The van der Waals surface area contributed by atoms with E-state index in [0.29, 0.717) is 23.3 Å². The van der Waals surface area contributed by atoms with Crippen LogP contribution >= 0.6 is 28.3 Å². The van der Waals surface area contributed by atoms with Crippen LogP contribution in [-0.4, -0.2) is 31.2 Å². The van der Waals surface area contributed by atoms with Gasteiger partial charge in [-0.25, -0.2) is 4.39 Å². The molecule has 19 heavy (non-hydrogen) atoms. The highest BCUT2D eigenvalue weighted by Gasteiger charge is 2.28. The normalized spacial score (nSPS) is 22.5. The van der Waals surface area contributed by atoms with E-state index in [1.165, 1.54) is 6.07 Å². The molecule has 0 aliphatic carbocycles. The molecule has 0 saturated carbocycles. The molecule has 4 nitrogen and oxygen atoms in total.